The molecule has 0 bridgehead atoms. The van der Waals surface area contributed by atoms with Gasteiger partial charge in [0.15, 0.2) is 0 Å². The van der Waals surface area contributed by atoms with Crippen molar-refractivity contribution >= 4 is 10.9 Å². The largest absolute Gasteiger partial charge is 0.480 e. The van der Waals surface area contributed by atoms with E-state index in [0.717, 1.165) is 16.5 Å². The summed E-state index contributed by atoms with van der Waals surface area (Å²) in [5.74, 6) is 0.504. The van der Waals surface area contributed by atoms with E-state index in [2.05, 4.69) is 9.97 Å². The lowest BCUT2D eigenvalue weighted by Gasteiger charge is -2.09. The molecular formula is C12H14N2O3. The van der Waals surface area contributed by atoms with Gasteiger partial charge in [0, 0.05) is 12.7 Å². The third-order valence-corrected chi connectivity index (χ3v) is 2.43. The van der Waals surface area contributed by atoms with Crippen LogP contribution >= 0.6 is 0 Å². The van der Waals surface area contributed by atoms with Crippen molar-refractivity contribution in [3.05, 3.63) is 23.8 Å². The molecule has 0 unspecified atom stereocenters. The fourth-order valence-corrected chi connectivity index (χ4v) is 1.68. The van der Waals surface area contributed by atoms with Crippen LogP contribution in [-0.4, -0.2) is 31.3 Å². The van der Waals surface area contributed by atoms with E-state index in [1.165, 1.54) is 7.11 Å². The van der Waals surface area contributed by atoms with Crippen LogP contribution in [0.4, 0.5) is 0 Å². The van der Waals surface area contributed by atoms with Crippen molar-refractivity contribution in [3.63, 3.8) is 0 Å². The number of hydrogen-bond donors (Lipinski definition) is 0. The van der Waals surface area contributed by atoms with Gasteiger partial charge in [-0.1, -0.05) is 12.1 Å². The highest BCUT2D eigenvalue weighted by atomic mass is 16.5. The third kappa shape index (κ3) is 2.14. The van der Waals surface area contributed by atoms with Gasteiger partial charge in [-0.3, -0.25) is 0 Å². The summed E-state index contributed by atoms with van der Waals surface area (Å²) in [6, 6.07) is 6.08. The SMILES string of the molecule is COCc1cccc2c(OC)nc(OC)nc12. The molecule has 1 heterocycles. The Hall–Kier alpha value is -1.88. The topological polar surface area (TPSA) is 53.5 Å². The lowest BCUT2D eigenvalue weighted by molar-refractivity contribution is 0.186. The molecule has 0 amide bonds. The van der Waals surface area contributed by atoms with E-state index >= 15 is 0 Å². The van der Waals surface area contributed by atoms with Gasteiger partial charge in [-0.2, -0.15) is 9.97 Å². The molecule has 0 atom stereocenters. The van der Waals surface area contributed by atoms with E-state index in [4.69, 9.17) is 14.2 Å². The van der Waals surface area contributed by atoms with Crippen molar-refractivity contribution in [1.29, 1.82) is 0 Å². The van der Waals surface area contributed by atoms with Crippen LogP contribution in [-0.2, 0) is 11.3 Å². The van der Waals surface area contributed by atoms with E-state index in [9.17, 15) is 0 Å². The van der Waals surface area contributed by atoms with E-state index in [0.29, 0.717) is 12.5 Å². The normalized spacial score (nSPS) is 10.5. The maximum Gasteiger partial charge on any atom is 0.320 e. The quantitative estimate of drug-likeness (QED) is 0.807. The van der Waals surface area contributed by atoms with Gasteiger partial charge in [0.25, 0.3) is 0 Å². The number of para-hydroxylation sites is 1. The lowest BCUT2D eigenvalue weighted by Crippen LogP contribution is -1.99. The fraction of sp³-hybridized carbons (Fsp3) is 0.333. The van der Waals surface area contributed by atoms with Crippen molar-refractivity contribution in [3.8, 4) is 11.9 Å². The zero-order valence-corrected chi connectivity index (χ0v) is 10.1. The van der Waals surface area contributed by atoms with Crippen LogP contribution in [0, 0.1) is 0 Å². The molecule has 2 aromatic rings. The third-order valence-electron chi connectivity index (χ3n) is 2.43. The second-order valence-electron chi connectivity index (χ2n) is 3.47. The highest BCUT2D eigenvalue weighted by Crippen LogP contribution is 2.27. The molecule has 0 aliphatic carbocycles. The van der Waals surface area contributed by atoms with Crippen LogP contribution in [0.5, 0.6) is 11.9 Å². The van der Waals surface area contributed by atoms with Gasteiger partial charge >= 0.3 is 6.01 Å². The molecule has 1 aromatic carbocycles. The Morgan fingerprint density at radius 1 is 1.06 bits per heavy atom. The number of benzene rings is 1. The zero-order valence-electron chi connectivity index (χ0n) is 10.1. The first kappa shape index (κ1) is 11.6. The number of aromatic nitrogens is 2. The van der Waals surface area contributed by atoms with Gasteiger partial charge in [-0.15, -0.1) is 0 Å². The Morgan fingerprint density at radius 3 is 2.53 bits per heavy atom. The van der Waals surface area contributed by atoms with Crippen LogP contribution in [0.25, 0.3) is 10.9 Å². The van der Waals surface area contributed by atoms with Gasteiger partial charge in [-0.05, 0) is 6.07 Å². The van der Waals surface area contributed by atoms with E-state index in [1.807, 2.05) is 18.2 Å². The molecule has 0 fully saturated rings. The van der Waals surface area contributed by atoms with E-state index in [-0.39, 0.29) is 6.01 Å². The van der Waals surface area contributed by atoms with E-state index in [1.54, 1.807) is 14.2 Å². The summed E-state index contributed by atoms with van der Waals surface area (Å²) >= 11 is 0. The maximum absolute atomic E-state index is 5.23. The van der Waals surface area contributed by atoms with Crippen molar-refractivity contribution in [1.82, 2.24) is 9.97 Å². The summed E-state index contributed by atoms with van der Waals surface area (Å²) in [7, 11) is 4.75. The number of ether oxygens (including phenoxy) is 3. The van der Waals surface area contributed by atoms with Gasteiger partial charge in [0.05, 0.1) is 31.7 Å². The Labute approximate surface area is 99.4 Å². The summed E-state index contributed by atoms with van der Waals surface area (Å²) in [4.78, 5) is 8.47. The van der Waals surface area contributed by atoms with Crippen molar-refractivity contribution in [2.45, 2.75) is 6.61 Å². The van der Waals surface area contributed by atoms with Crippen LogP contribution in [0.15, 0.2) is 18.2 Å². The number of nitrogens with zero attached hydrogens (tertiary/aromatic N) is 2. The van der Waals surface area contributed by atoms with Crippen LogP contribution in [0.1, 0.15) is 5.56 Å². The second kappa shape index (κ2) is 4.97. The Balaban J connectivity index is 2.70. The first-order valence-corrected chi connectivity index (χ1v) is 5.16. The molecule has 0 saturated carbocycles. The summed E-state index contributed by atoms with van der Waals surface area (Å²) < 4.78 is 15.4. The summed E-state index contributed by atoms with van der Waals surface area (Å²) in [6.07, 6.45) is 0. The maximum atomic E-state index is 5.23. The highest BCUT2D eigenvalue weighted by molar-refractivity contribution is 5.86. The van der Waals surface area contributed by atoms with Gasteiger partial charge in [0.1, 0.15) is 0 Å². The zero-order chi connectivity index (χ0) is 12.3. The van der Waals surface area contributed by atoms with Crippen molar-refractivity contribution < 1.29 is 14.2 Å². The molecule has 5 nitrogen and oxygen atoms in total. The Bertz CT molecular complexity index is 528. The summed E-state index contributed by atoms with van der Waals surface area (Å²) in [5.41, 5.74) is 1.77. The minimum atomic E-state index is 0.290. The molecule has 0 radical (unpaired) electrons. The first-order valence-electron chi connectivity index (χ1n) is 5.16. The minimum Gasteiger partial charge on any atom is -0.480 e. The molecule has 0 aliphatic heterocycles. The minimum absolute atomic E-state index is 0.290. The van der Waals surface area contributed by atoms with Gasteiger partial charge in [-0.25, -0.2) is 0 Å². The molecule has 2 rings (SSSR count). The standard InChI is InChI=1S/C12H14N2O3/c1-15-7-8-5-4-6-9-10(8)13-12(17-3)14-11(9)16-2/h4-6H,7H2,1-3H3. The Kier molecular flexibility index (Phi) is 3.39. The predicted octanol–water partition coefficient (Wildman–Crippen LogP) is 1.79. The molecule has 17 heavy (non-hydrogen) atoms. The van der Waals surface area contributed by atoms with Gasteiger partial charge in [0.2, 0.25) is 5.88 Å². The molecular weight excluding hydrogens is 220 g/mol. The molecule has 0 N–H and O–H groups in total. The Morgan fingerprint density at radius 2 is 1.88 bits per heavy atom. The monoisotopic (exact) mass is 234 g/mol. The van der Waals surface area contributed by atoms with Crippen molar-refractivity contribution in [2.24, 2.45) is 0 Å². The molecule has 0 aliphatic rings. The average Bonchev–Trinajstić information content (AvgIpc) is 2.38. The smallest absolute Gasteiger partial charge is 0.320 e. The number of rotatable bonds is 4. The first-order chi connectivity index (χ1) is 8.30. The van der Waals surface area contributed by atoms with Crippen molar-refractivity contribution in [2.75, 3.05) is 21.3 Å². The fourth-order valence-electron chi connectivity index (χ4n) is 1.68. The average molecular weight is 234 g/mol. The van der Waals surface area contributed by atoms with E-state index < -0.39 is 0 Å². The number of hydrogen-bond acceptors (Lipinski definition) is 5. The lowest BCUT2D eigenvalue weighted by atomic mass is 10.1. The summed E-state index contributed by atoms with van der Waals surface area (Å²) in [6.45, 7) is 0.487. The van der Waals surface area contributed by atoms with Crippen LogP contribution in [0.3, 0.4) is 0 Å². The molecule has 0 saturated heterocycles. The second-order valence-corrected chi connectivity index (χ2v) is 3.47. The molecule has 0 spiro atoms. The summed E-state index contributed by atoms with van der Waals surface area (Å²) in [5, 5.41) is 0.850. The van der Waals surface area contributed by atoms with Gasteiger partial charge < -0.3 is 14.2 Å². The number of methoxy groups -OCH3 is 3. The van der Waals surface area contributed by atoms with Crippen LogP contribution in [0.2, 0.25) is 0 Å². The molecule has 90 valence electrons. The highest BCUT2D eigenvalue weighted by Gasteiger charge is 2.11. The predicted molar refractivity (Wildman–Crippen MR) is 63.4 cm³/mol. The number of fused-ring (bicyclic) bond motifs is 1. The molecule has 5 heteroatoms. The molecule has 1 aromatic heterocycles. The van der Waals surface area contributed by atoms with Crippen LogP contribution < -0.4 is 9.47 Å².